The molecule has 0 saturated heterocycles. The lowest BCUT2D eigenvalue weighted by Gasteiger charge is -2.04. The Morgan fingerprint density at radius 2 is 2.08 bits per heavy atom. The van der Waals surface area contributed by atoms with Crippen molar-refractivity contribution in [2.45, 2.75) is 27.2 Å². The molecular weight excluding hydrogens is 162 g/mol. The first-order valence-corrected chi connectivity index (χ1v) is 4.58. The number of hydrogen-bond acceptors (Lipinski definition) is 2. The molecule has 2 heteroatoms. The Morgan fingerprint density at radius 3 is 2.46 bits per heavy atom. The fourth-order valence-corrected chi connectivity index (χ4v) is 1.36. The van der Waals surface area contributed by atoms with Gasteiger partial charge in [-0.15, -0.1) is 0 Å². The summed E-state index contributed by atoms with van der Waals surface area (Å²) in [4.78, 5) is 0. The van der Waals surface area contributed by atoms with E-state index in [1.807, 2.05) is 19.1 Å². The molecule has 0 amide bonds. The standard InChI is InChI=1S/C11H17NO/c1-8(2)10(6-7-12)11-5-4-9(3)13-11/h4-5H,6-7,12H2,1-3H3. The first-order chi connectivity index (χ1) is 6.15. The molecule has 0 atom stereocenters. The van der Waals surface area contributed by atoms with Crippen LogP contribution in [-0.2, 0) is 0 Å². The van der Waals surface area contributed by atoms with Gasteiger partial charge in [0.25, 0.3) is 0 Å². The van der Waals surface area contributed by atoms with Crippen LogP contribution in [0, 0.1) is 6.92 Å². The highest BCUT2D eigenvalue weighted by molar-refractivity contribution is 5.64. The molecule has 0 aliphatic carbocycles. The molecule has 0 aliphatic heterocycles. The number of aryl methyl sites for hydroxylation is 1. The van der Waals surface area contributed by atoms with Crippen molar-refractivity contribution in [3.63, 3.8) is 0 Å². The predicted octanol–water partition coefficient (Wildman–Crippen LogP) is 2.73. The third-order valence-corrected chi connectivity index (χ3v) is 2.04. The van der Waals surface area contributed by atoms with Crippen molar-refractivity contribution in [1.29, 1.82) is 0 Å². The van der Waals surface area contributed by atoms with Gasteiger partial charge in [-0.2, -0.15) is 0 Å². The van der Waals surface area contributed by atoms with E-state index < -0.39 is 0 Å². The fraction of sp³-hybridized carbons (Fsp3) is 0.455. The van der Waals surface area contributed by atoms with Crippen molar-refractivity contribution in [2.24, 2.45) is 5.73 Å². The average Bonchev–Trinajstić information content (AvgIpc) is 2.46. The summed E-state index contributed by atoms with van der Waals surface area (Å²) in [5.74, 6) is 1.91. The Labute approximate surface area is 79.4 Å². The second-order valence-electron chi connectivity index (χ2n) is 3.43. The van der Waals surface area contributed by atoms with Crippen molar-refractivity contribution in [3.05, 3.63) is 29.2 Å². The van der Waals surface area contributed by atoms with Gasteiger partial charge >= 0.3 is 0 Å². The zero-order valence-electron chi connectivity index (χ0n) is 8.55. The highest BCUT2D eigenvalue weighted by atomic mass is 16.3. The van der Waals surface area contributed by atoms with E-state index in [-0.39, 0.29) is 0 Å². The van der Waals surface area contributed by atoms with Crippen LogP contribution in [0.4, 0.5) is 0 Å². The lowest BCUT2D eigenvalue weighted by molar-refractivity contribution is 0.518. The van der Waals surface area contributed by atoms with Gasteiger partial charge in [-0.25, -0.2) is 0 Å². The van der Waals surface area contributed by atoms with Gasteiger partial charge in [-0.3, -0.25) is 0 Å². The first-order valence-electron chi connectivity index (χ1n) is 4.58. The molecule has 0 aliphatic rings. The van der Waals surface area contributed by atoms with Crippen molar-refractivity contribution < 1.29 is 4.42 Å². The summed E-state index contributed by atoms with van der Waals surface area (Å²) in [5, 5.41) is 0. The largest absolute Gasteiger partial charge is 0.462 e. The number of hydrogen-bond donors (Lipinski definition) is 1. The number of furan rings is 1. The Morgan fingerprint density at radius 1 is 1.38 bits per heavy atom. The van der Waals surface area contributed by atoms with E-state index in [1.54, 1.807) is 0 Å². The molecule has 0 saturated carbocycles. The summed E-state index contributed by atoms with van der Waals surface area (Å²) in [7, 11) is 0. The first kappa shape index (κ1) is 10.1. The van der Waals surface area contributed by atoms with Crippen LogP contribution in [0.15, 0.2) is 22.1 Å². The number of rotatable bonds is 3. The summed E-state index contributed by atoms with van der Waals surface area (Å²) in [6, 6.07) is 3.99. The zero-order chi connectivity index (χ0) is 9.84. The van der Waals surface area contributed by atoms with Gasteiger partial charge < -0.3 is 10.2 Å². The van der Waals surface area contributed by atoms with E-state index in [0.717, 1.165) is 17.9 Å². The fourth-order valence-electron chi connectivity index (χ4n) is 1.36. The molecule has 0 spiro atoms. The Bertz CT molecular complexity index is 306. The van der Waals surface area contributed by atoms with Gasteiger partial charge in [-0.05, 0) is 51.4 Å². The van der Waals surface area contributed by atoms with Gasteiger partial charge in [0, 0.05) is 0 Å². The molecule has 13 heavy (non-hydrogen) atoms. The highest BCUT2D eigenvalue weighted by Gasteiger charge is 2.06. The van der Waals surface area contributed by atoms with E-state index >= 15 is 0 Å². The number of allylic oxidation sites excluding steroid dienone is 1. The highest BCUT2D eigenvalue weighted by Crippen LogP contribution is 2.23. The minimum atomic E-state index is 0.667. The van der Waals surface area contributed by atoms with Gasteiger partial charge in [-0.1, -0.05) is 5.57 Å². The molecule has 0 fully saturated rings. The van der Waals surface area contributed by atoms with Crippen LogP contribution in [-0.4, -0.2) is 6.54 Å². The molecule has 0 radical (unpaired) electrons. The van der Waals surface area contributed by atoms with Crippen LogP contribution in [0.1, 0.15) is 31.8 Å². The summed E-state index contributed by atoms with van der Waals surface area (Å²) in [5.41, 5.74) is 8.05. The van der Waals surface area contributed by atoms with Gasteiger partial charge in [0.1, 0.15) is 11.5 Å². The van der Waals surface area contributed by atoms with Crippen LogP contribution in [0.25, 0.3) is 5.57 Å². The molecule has 1 rings (SSSR count). The van der Waals surface area contributed by atoms with E-state index in [9.17, 15) is 0 Å². The summed E-state index contributed by atoms with van der Waals surface area (Å²) < 4.78 is 5.55. The van der Waals surface area contributed by atoms with Gasteiger partial charge in [0.2, 0.25) is 0 Å². The van der Waals surface area contributed by atoms with Crippen molar-refractivity contribution in [3.8, 4) is 0 Å². The van der Waals surface area contributed by atoms with Crippen molar-refractivity contribution in [1.82, 2.24) is 0 Å². The van der Waals surface area contributed by atoms with Crippen LogP contribution in [0.5, 0.6) is 0 Å². The topological polar surface area (TPSA) is 39.2 Å². The maximum absolute atomic E-state index is 5.55. The molecule has 0 bridgehead atoms. The molecule has 1 aromatic rings. The minimum Gasteiger partial charge on any atom is -0.462 e. The summed E-state index contributed by atoms with van der Waals surface area (Å²) >= 11 is 0. The zero-order valence-corrected chi connectivity index (χ0v) is 8.55. The minimum absolute atomic E-state index is 0.667. The van der Waals surface area contributed by atoms with Gasteiger partial charge in [0.15, 0.2) is 0 Å². The average molecular weight is 179 g/mol. The van der Waals surface area contributed by atoms with E-state index in [0.29, 0.717) is 6.54 Å². The Hall–Kier alpha value is -1.02. The van der Waals surface area contributed by atoms with Crippen LogP contribution >= 0.6 is 0 Å². The van der Waals surface area contributed by atoms with E-state index in [1.165, 1.54) is 11.1 Å². The molecule has 1 aromatic heterocycles. The van der Waals surface area contributed by atoms with Gasteiger partial charge in [0.05, 0.1) is 0 Å². The Balaban J connectivity index is 2.96. The normalized spacial score (nSPS) is 10.2. The lowest BCUT2D eigenvalue weighted by atomic mass is 10.1. The SMILES string of the molecule is CC(C)=C(CCN)c1ccc(C)o1. The molecule has 72 valence electrons. The maximum atomic E-state index is 5.55. The number of nitrogens with two attached hydrogens (primary N) is 1. The maximum Gasteiger partial charge on any atom is 0.130 e. The second-order valence-corrected chi connectivity index (χ2v) is 3.43. The smallest absolute Gasteiger partial charge is 0.130 e. The van der Waals surface area contributed by atoms with Crippen molar-refractivity contribution in [2.75, 3.05) is 6.54 Å². The van der Waals surface area contributed by atoms with Crippen LogP contribution in [0.2, 0.25) is 0 Å². The molecule has 1 heterocycles. The van der Waals surface area contributed by atoms with Crippen LogP contribution < -0.4 is 5.73 Å². The lowest BCUT2D eigenvalue weighted by Crippen LogP contribution is -2.00. The monoisotopic (exact) mass is 179 g/mol. The van der Waals surface area contributed by atoms with E-state index in [4.69, 9.17) is 10.2 Å². The summed E-state index contributed by atoms with van der Waals surface area (Å²) in [6.07, 6.45) is 0.884. The third kappa shape index (κ3) is 2.46. The predicted molar refractivity (Wildman–Crippen MR) is 55.4 cm³/mol. The molecule has 2 N–H and O–H groups in total. The third-order valence-electron chi connectivity index (χ3n) is 2.04. The summed E-state index contributed by atoms with van der Waals surface area (Å²) in [6.45, 7) is 6.79. The molecule has 2 nitrogen and oxygen atoms in total. The second kappa shape index (κ2) is 4.28. The van der Waals surface area contributed by atoms with Crippen molar-refractivity contribution >= 4 is 5.57 Å². The van der Waals surface area contributed by atoms with Crippen LogP contribution in [0.3, 0.4) is 0 Å². The molecule has 0 unspecified atom stereocenters. The quantitative estimate of drug-likeness (QED) is 0.774. The molecular formula is C11H17NO. The Kier molecular flexibility index (Phi) is 3.32. The van der Waals surface area contributed by atoms with E-state index in [2.05, 4.69) is 13.8 Å². The molecule has 0 aromatic carbocycles.